The second-order valence-electron chi connectivity index (χ2n) is 6.79. The van der Waals surface area contributed by atoms with Crippen LogP contribution >= 0.6 is 0 Å². The molecular weight excluding hydrogens is 266 g/mol. The summed E-state index contributed by atoms with van der Waals surface area (Å²) in [4.78, 5) is 5.08. The molecule has 1 atom stereocenters. The van der Waals surface area contributed by atoms with Crippen LogP contribution in [0.2, 0.25) is 0 Å². The molecule has 2 N–H and O–H groups in total. The zero-order valence-corrected chi connectivity index (χ0v) is 13.8. The number of piperidine rings is 1. The number of aliphatic hydroxyl groups is 1. The molecule has 2 fully saturated rings. The maximum atomic E-state index is 9.85. The average Bonchev–Trinajstić information content (AvgIpc) is 2.52. The Morgan fingerprint density at radius 2 is 1.62 bits per heavy atom. The Morgan fingerprint density at radius 1 is 1.05 bits per heavy atom. The summed E-state index contributed by atoms with van der Waals surface area (Å²) in [6, 6.07) is 0.582. The molecule has 0 aromatic carbocycles. The Balaban J connectivity index is 1.55. The smallest absolute Gasteiger partial charge is 0.0687 e. The van der Waals surface area contributed by atoms with E-state index in [0.717, 1.165) is 32.8 Å². The number of aliphatic hydroxyl groups excluding tert-OH is 1. The molecule has 2 aliphatic rings. The van der Waals surface area contributed by atoms with Crippen LogP contribution in [-0.2, 0) is 4.74 Å². The first kappa shape index (κ1) is 17.2. The topological polar surface area (TPSA) is 48.0 Å². The Labute approximate surface area is 129 Å². The molecule has 0 bridgehead atoms. The van der Waals surface area contributed by atoms with Crippen molar-refractivity contribution in [2.75, 3.05) is 59.0 Å². The lowest BCUT2D eigenvalue weighted by atomic mass is 10.0. The summed E-state index contributed by atoms with van der Waals surface area (Å²) in [5, 5.41) is 13.4. The number of nitrogens with one attached hydrogen (secondary N) is 1. The van der Waals surface area contributed by atoms with Crippen LogP contribution in [-0.4, -0.2) is 86.1 Å². The van der Waals surface area contributed by atoms with Crippen LogP contribution < -0.4 is 5.32 Å². The fourth-order valence-corrected chi connectivity index (χ4v) is 2.99. The van der Waals surface area contributed by atoms with Gasteiger partial charge in [0, 0.05) is 38.8 Å². The molecule has 0 aliphatic carbocycles. The van der Waals surface area contributed by atoms with Crippen LogP contribution in [0.15, 0.2) is 0 Å². The first-order chi connectivity index (χ1) is 10.1. The van der Waals surface area contributed by atoms with Gasteiger partial charge in [-0.2, -0.15) is 0 Å². The van der Waals surface area contributed by atoms with Crippen LogP contribution in [0.3, 0.4) is 0 Å². The van der Waals surface area contributed by atoms with Gasteiger partial charge in [0.05, 0.1) is 19.3 Å². The third kappa shape index (κ3) is 6.20. The van der Waals surface area contributed by atoms with Crippen LogP contribution in [0.5, 0.6) is 0 Å². The van der Waals surface area contributed by atoms with Gasteiger partial charge in [-0.3, -0.25) is 4.90 Å². The van der Waals surface area contributed by atoms with Crippen LogP contribution in [0, 0.1) is 5.92 Å². The normalized spacial score (nSPS) is 24.6. The van der Waals surface area contributed by atoms with Crippen molar-refractivity contribution in [3.63, 3.8) is 0 Å². The fourth-order valence-electron chi connectivity index (χ4n) is 2.99. The highest BCUT2D eigenvalue weighted by atomic mass is 16.5. The molecule has 0 amide bonds. The second-order valence-corrected chi connectivity index (χ2v) is 6.79. The summed E-state index contributed by atoms with van der Waals surface area (Å²) in [5.74, 6) is 0.339. The van der Waals surface area contributed by atoms with Gasteiger partial charge in [0.15, 0.2) is 0 Å². The molecule has 0 aromatic rings. The molecule has 124 valence electrons. The Hall–Kier alpha value is -0.200. The molecule has 1 unspecified atom stereocenters. The van der Waals surface area contributed by atoms with E-state index in [1.165, 1.54) is 39.0 Å². The predicted molar refractivity (Wildman–Crippen MR) is 85.6 cm³/mol. The molecule has 2 rings (SSSR count). The highest BCUT2D eigenvalue weighted by molar-refractivity contribution is 4.79. The van der Waals surface area contributed by atoms with E-state index >= 15 is 0 Å². The quantitative estimate of drug-likeness (QED) is 0.712. The van der Waals surface area contributed by atoms with Crippen molar-refractivity contribution in [1.29, 1.82) is 0 Å². The van der Waals surface area contributed by atoms with Crippen molar-refractivity contribution in [3.8, 4) is 0 Å². The van der Waals surface area contributed by atoms with Crippen molar-refractivity contribution < 1.29 is 9.84 Å². The number of ether oxygens (including phenoxy) is 1. The van der Waals surface area contributed by atoms with Gasteiger partial charge in [0.25, 0.3) is 0 Å². The molecule has 0 radical (unpaired) electrons. The summed E-state index contributed by atoms with van der Waals surface area (Å²) in [6.07, 6.45) is 2.19. The molecule has 0 spiro atoms. The first-order valence-corrected chi connectivity index (χ1v) is 8.59. The highest BCUT2D eigenvalue weighted by Crippen LogP contribution is 2.11. The average molecular weight is 299 g/mol. The van der Waals surface area contributed by atoms with Gasteiger partial charge in [0.1, 0.15) is 0 Å². The van der Waals surface area contributed by atoms with Crippen molar-refractivity contribution in [3.05, 3.63) is 0 Å². The van der Waals surface area contributed by atoms with E-state index in [9.17, 15) is 5.11 Å². The Kier molecular flexibility index (Phi) is 7.40. The minimum Gasteiger partial charge on any atom is -0.392 e. The summed E-state index contributed by atoms with van der Waals surface area (Å²) >= 11 is 0. The number of hydrogen-bond acceptors (Lipinski definition) is 5. The molecule has 2 heterocycles. The van der Waals surface area contributed by atoms with E-state index in [0.29, 0.717) is 12.0 Å². The van der Waals surface area contributed by atoms with Crippen LogP contribution in [0.25, 0.3) is 0 Å². The number of likely N-dealkylation sites (tertiary alicyclic amines) is 1. The first-order valence-electron chi connectivity index (χ1n) is 8.59. The zero-order valence-electron chi connectivity index (χ0n) is 13.8. The van der Waals surface area contributed by atoms with E-state index in [4.69, 9.17) is 4.74 Å². The van der Waals surface area contributed by atoms with Gasteiger partial charge >= 0.3 is 0 Å². The number of hydrogen-bond donors (Lipinski definition) is 2. The maximum Gasteiger partial charge on any atom is 0.0687 e. The van der Waals surface area contributed by atoms with E-state index in [-0.39, 0.29) is 6.10 Å². The van der Waals surface area contributed by atoms with Gasteiger partial charge in [-0.1, -0.05) is 13.8 Å². The Morgan fingerprint density at radius 3 is 2.19 bits per heavy atom. The summed E-state index contributed by atoms with van der Waals surface area (Å²) in [6.45, 7) is 13.6. The van der Waals surface area contributed by atoms with Gasteiger partial charge in [-0.15, -0.1) is 0 Å². The summed E-state index contributed by atoms with van der Waals surface area (Å²) in [5.41, 5.74) is 0. The fraction of sp³-hybridized carbons (Fsp3) is 1.00. The van der Waals surface area contributed by atoms with E-state index in [1.807, 2.05) is 0 Å². The van der Waals surface area contributed by atoms with Gasteiger partial charge in [-0.25, -0.2) is 0 Å². The molecule has 21 heavy (non-hydrogen) atoms. The lowest BCUT2D eigenvalue weighted by Gasteiger charge is -2.35. The molecular formula is C16H33N3O2. The molecule has 5 heteroatoms. The third-order valence-electron chi connectivity index (χ3n) is 4.81. The molecule has 5 nitrogen and oxygen atoms in total. The second kappa shape index (κ2) is 9.06. The largest absolute Gasteiger partial charge is 0.392 e. The summed E-state index contributed by atoms with van der Waals surface area (Å²) < 4.78 is 5.38. The van der Waals surface area contributed by atoms with E-state index in [1.54, 1.807) is 0 Å². The number of nitrogens with zero attached hydrogens (tertiary/aromatic N) is 2. The lowest BCUT2D eigenvalue weighted by molar-refractivity contribution is 0.0317. The minimum absolute atomic E-state index is 0.218. The monoisotopic (exact) mass is 299 g/mol. The number of rotatable bonds is 7. The van der Waals surface area contributed by atoms with E-state index in [2.05, 4.69) is 29.0 Å². The van der Waals surface area contributed by atoms with Crippen molar-refractivity contribution in [2.24, 2.45) is 5.92 Å². The third-order valence-corrected chi connectivity index (χ3v) is 4.81. The van der Waals surface area contributed by atoms with E-state index < -0.39 is 0 Å². The molecule has 0 aromatic heterocycles. The summed E-state index contributed by atoms with van der Waals surface area (Å²) in [7, 11) is 0. The Bertz CT molecular complexity index is 275. The van der Waals surface area contributed by atoms with Gasteiger partial charge in [0.2, 0.25) is 0 Å². The van der Waals surface area contributed by atoms with Gasteiger partial charge in [-0.05, 0) is 31.8 Å². The standard InChI is InChI=1S/C16H33N3O2/c1-14(2)16(20)13-17-15-3-5-18(6-4-15)7-8-19-9-11-21-12-10-19/h14-17,20H,3-13H2,1-2H3. The minimum atomic E-state index is -0.218. The van der Waals surface area contributed by atoms with Crippen LogP contribution in [0.4, 0.5) is 0 Å². The van der Waals surface area contributed by atoms with Crippen molar-refractivity contribution in [1.82, 2.24) is 15.1 Å². The lowest BCUT2D eigenvalue weighted by Crippen LogP contribution is -2.47. The molecule has 2 aliphatic heterocycles. The maximum absolute atomic E-state index is 9.85. The predicted octanol–water partition coefficient (Wildman–Crippen LogP) is 0.390. The zero-order chi connectivity index (χ0) is 15.1. The van der Waals surface area contributed by atoms with Gasteiger partial charge < -0.3 is 20.1 Å². The van der Waals surface area contributed by atoms with Crippen LogP contribution in [0.1, 0.15) is 26.7 Å². The SMILES string of the molecule is CC(C)C(O)CNC1CCN(CCN2CCOCC2)CC1. The molecule has 2 saturated heterocycles. The highest BCUT2D eigenvalue weighted by Gasteiger charge is 2.20. The molecule has 0 saturated carbocycles. The van der Waals surface area contributed by atoms with Crippen molar-refractivity contribution in [2.45, 2.75) is 38.8 Å². The van der Waals surface area contributed by atoms with Crippen molar-refractivity contribution >= 4 is 0 Å². The number of morpholine rings is 1.